The molecule has 2 aromatic heterocycles. The van der Waals surface area contributed by atoms with Crippen LogP contribution in [0.2, 0.25) is 0 Å². The predicted molar refractivity (Wildman–Crippen MR) is 70.3 cm³/mol. The Labute approximate surface area is 108 Å². The van der Waals surface area contributed by atoms with Crippen molar-refractivity contribution in [2.45, 2.75) is 19.4 Å². The molecule has 0 spiro atoms. The fourth-order valence-electron chi connectivity index (χ4n) is 1.80. The topological polar surface area (TPSA) is 53.7 Å². The van der Waals surface area contributed by atoms with Crippen LogP contribution in [-0.2, 0) is 0 Å². The molecule has 0 aliphatic heterocycles. The van der Waals surface area contributed by atoms with Crippen LogP contribution in [0.25, 0.3) is 5.65 Å². The average molecular weight is 299 g/mol. The average Bonchev–Trinajstić information content (AvgIpc) is 2.60. The number of fused-ring (bicyclic) bond motifs is 1. The van der Waals surface area contributed by atoms with Crippen LogP contribution in [0.1, 0.15) is 13.8 Å². The van der Waals surface area contributed by atoms with Gasteiger partial charge in [-0.2, -0.15) is 0 Å². The normalized spacial score (nSPS) is 12.1. The zero-order valence-corrected chi connectivity index (χ0v) is 11.6. The summed E-state index contributed by atoms with van der Waals surface area (Å²) in [7, 11) is 1.89. The number of aromatic nitrogens is 3. The summed E-state index contributed by atoms with van der Waals surface area (Å²) in [5, 5.41) is 9.83. The number of hydrogen-bond donors (Lipinski definition) is 1. The third kappa shape index (κ3) is 2.76. The van der Waals surface area contributed by atoms with Gasteiger partial charge in [-0.25, -0.2) is 9.97 Å². The van der Waals surface area contributed by atoms with E-state index >= 15 is 0 Å². The molecule has 2 rings (SSSR count). The molecule has 17 heavy (non-hydrogen) atoms. The van der Waals surface area contributed by atoms with Crippen LogP contribution < -0.4 is 4.90 Å². The van der Waals surface area contributed by atoms with Gasteiger partial charge in [-0.15, -0.1) is 0 Å². The maximum absolute atomic E-state index is 9.83. The third-order valence-corrected chi connectivity index (χ3v) is 2.69. The van der Waals surface area contributed by atoms with Gasteiger partial charge < -0.3 is 14.4 Å². The van der Waals surface area contributed by atoms with Crippen molar-refractivity contribution in [3.63, 3.8) is 0 Å². The molecule has 5 nitrogen and oxygen atoms in total. The van der Waals surface area contributed by atoms with Gasteiger partial charge in [-0.05, 0) is 29.8 Å². The molecule has 0 radical (unpaired) electrons. The van der Waals surface area contributed by atoms with Gasteiger partial charge in [0.1, 0.15) is 4.60 Å². The van der Waals surface area contributed by atoms with E-state index in [2.05, 4.69) is 25.9 Å². The van der Waals surface area contributed by atoms with Crippen LogP contribution >= 0.6 is 15.9 Å². The first-order valence-electron chi connectivity index (χ1n) is 5.29. The highest BCUT2D eigenvalue weighted by Gasteiger charge is 2.19. The minimum Gasteiger partial charge on any atom is -0.389 e. The molecule has 92 valence electrons. The van der Waals surface area contributed by atoms with Crippen molar-refractivity contribution in [1.29, 1.82) is 0 Å². The van der Waals surface area contributed by atoms with Crippen LogP contribution in [0, 0.1) is 0 Å². The number of rotatable bonds is 3. The second-order valence-corrected chi connectivity index (χ2v) is 5.53. The van der Waals surface area contributed by atoms with Gasteiger partial charge in [0.15, 0.2) is 11.5 Å². The first-order chi connectivity index (χ1) is 7.87. The number of nitrogens with zero attached hydrogens (tertiary/aromatic N) is 4. The Hall–Kier alpha value is -1.14. The van der Waals surface area contributed by atoms with Crippen LogP contribution in [-0.4, -0.2) is 38.7 Å². The highest BCUT2D eigenvalue weighted by Crippen LogP contribution is 2.21. The summed E-state index contributed by atoms with van der Waals surface area (Å²) in [6.45, 7) is 4.02. The Morgan fingerprint density at radius 1 is 1.53 bits per heavy atom. The van der Waals surface area contributed by atoms with E-state index in [1.165, 1.54) is 0 Å². The van der Waals surface area contributed by atoms with E-state index < -0.39 is 5.60 Å². The summed E-state index contributed by atoms with van der Waals surface area (Å²) in [5.41, 5.74) is 0.00227. The number of hydrogen-bond acceptors (Lipinski definition) is 4. The van der Waals surface area contributed by atoms with E-state index in [1.54, 1.807) is 20.0 Å². The number of halogens is 1. The standard InChI is InChI=1S/C11H15BrN4O/c1-11(2,17)7-15(3)10-9-13-4-5-16(9)6-8(12)14-10/h4-6,17H,7H2,1-3H3. The highest BCUT2D eigenvalue weighted by molar-refractivity contribution is 9.10. The summed E-state index contributed by atoms with van der Waals surface area (Å²) in [5.74, 6) is 0.742. The van der Waals surface area contributed by atoms with E-state index in [0.717, 1.165) is 16.1 Å². The van der Waals surface area contributed by atoms with Crippen molar-refractivity contribution in [2.24, 2.45) is 0 Å². The van der Waals surface area contributed by atoms with Gasteiger partial charge in [0.2, 0.25) is 0 Å². The summed E-state index contributed by atoms with van der Waals surface area (Å²) in [6.07, 6.45) is 5.44. The Bertz CT molecular complexity index is 532. The van der Waals surface area contributed by atoms with Crippen molar-refractivity contribution in [3.8, 4) is 0 Å². The summed E-state index contributed by atoms with van der Waals surface area (Å²) in [4.78, 5) is 10.6. The number of likely N-dealkylation sites (N-methyl/N-ethyl adjacent to an activating group) is 1. The molecule has 0 aliphatic rings. The molecule has 0 atom stereocenters. The highest BCUT2D eigenvalue weighted by atomic mass is 79.9. The lowest BCUT2D eigenvalue weighted by molar-refractivity contribution is 0.0885. The summed E-state index contributed by atoms with van der Waals surface area (Å²) in [6, 6.07) is 0. The van der Waals surface area contributed by atoms with Crippen molar-refractivity contribution in [2.75, 3.05) is 18.5 Å². The molecule has 0 saturated carbocycles. The second kappa shape index (κ2) is 4.27. The van der Waals surface area contributed by atoms with Crippen molar-refractivity contribution >= 4 is 27.4 Å². The predicted octanol–water partition coefficient (Wildman–Crippen LogP) is 1.70. The van der Waals surface area contributed by atoms with Gasteiger partial charge in [0.05, 0.1) is 5.60 Å². The first-order valence-corrected chi connectivity index (χ1v) is 6.09. The van der Waals surface area contributed by atoms with E-state index in [-0.39, 0.29) is 0 Å². The molecular formula is C11H15BrN4O. The van der Waals surface area contributed by atoms with E-state index in [1.807, 2.05) is 28.7 Å². The van der Waals surface area contributed by atoms with Crippen LogP contribution in [0.5, 0.6) is 0 Å². The van der Waals surface area contributed by atoms with Crippen molar-refractivity contribution < 1.29 is 5.11 Å². The lowest BCUT2D eigenvalue weighted by Gasteiger charge is -2.26. The minimum absolute atomic E-state index is 0.485. The van der Waals surface area contributed by atoms with Gasteiger partial charge in [0.25, 0.3) is 0 Å². The molecule has 0 aromatic carbocycles. The molecule has 0 bridgehead atoms. The molecule has 0 amide bonds. The number of anilines is 1. The molecule has 0 fully saturated rings. The maximum Gasteiger partial charge on any atom is 0.180 e. The zero-order chi connectivity index (χ0) is 12.6. The SMILES string of the molecule is CN(CC(C)(C)O)c1nc(Br)cn2ccnc12. The van der Waals surface area contributed by atoms with Crippen molar-refractivity contribution in [3.05, 3.63) is 23.2 Å². The van der Waals surface area contributed by atoms with E-state index in [4.69, 9.17) is 0 Å². The molecule has 2 aromatic rings. The summed E-state index contributed by atoms with van der Waals surface area (Å²) < 4.78 is 2.63. The molecule has 0 unspecified atom stereocenters. The molecule has 1 N–H and O–H groups in total. The van der Waals surface area contributed by atoms with E-state index in [9.17, 15) is 5.11 Å². The van der Waals surface area contributed by atoms with Crippen LogP contribution in [0.15, 0.2) is 23.2 Å². The lowest BCUT2D eigenvalue weighted by atomic mass is 10.1. The zero-order valence-electron chi connectivity index (χ0n) is 10.1. The summed E-state index contributed by atoms with van der Waals surface area (Å²) >= 11 is 3.37. The fraction of sp³-hybridized carbons (Fsp3) is 0.455. The fourth-order valence-corrected chi connectivity index (χ4v) is 2.19. The molecule has 2 heterocycles. The molecule has 0 saturated heterocycles. The Morgan fingerprint density at radius 2 is 2.24 bits per heavy atom. The Kier molecular flexibility index (Phi) is 3.09. The molecular weight excluding hydrogens is 284 g/mol. The Morgan fingerprint density at radius 3 is 2.88 bits per heavy atom. The lowest BCUT2D eigenvalue weighted by Crippen LogP contribution is -2.36. The first kappa shape index (κ1) is 12.3. The third-order valence-electron chi connectivity index (χ3n) is 2.31. The van der Waals surface area contributed by atoms with Gasteiger partial charge in [0, 0.05) is 32.2 Å². The van der Waals surface area contributed by atoms with Gasteiger partial charge in [-0.3, -0.25) is 0 Å². The largest absolute Gasteiger partial charge is 0.389 e. The quantitative estimate of drug-likeness (QED) is 0.937. The second-order valence-electron chi connectivity index (χ2n) is 4.71. The van der Waals surface area contributed by atoms with Crippen LogP contribution in [0.3, 0.4) is 0 Å². The Balaban J connectivity index is 2.43. The van der Waals surface area contributed by atoms with E-state index in [0.29, 0.717) is 6.54 Å². The number of imidazole rings is 1. The molecule has 6 heteroatoms. The monoisotopic (exact) mass is 298 g/mol. The van der Waals surface area contributed by atoms with Crippen LogP contribution in [0.4, 0.5) is 5.82 Å². The number of aliphatic hydroxyl groups is 1. The van der Waals surface area contributed by atoms with Gasteiger partial charge in [-0.1, -0.05) is 0 Å². The minimum atomic E-state index is -0.775. The van der Waals surface area contributed by atoms with Crippen molar-refractivity contribution in [1.82, 2.24) is 14.4 Å². The molecule has 0 aliphatic carbocycles. The smallest absolute Gasteiger partial charge is 0.180 e. The van der Waals surface area contributed by atoms with Gasteiger partial charge >= 0.3 is 0 Å². The maximum atomic E-state index is 9.83.